The minimum absolute atomic E-state index is 0.706. The minimum atomic E-state index is 0.706. The Kier molecular flexibility index (Phi) is 5.59. The molecule has 0 unspecified atom stereocenters. The third-order valence-electron chi connectivity index (χ3n) is 4.35. The van der Waals surface area contributed by atoms with E-state index in [-0.39, 0.29) is 0 Å². The van der Waals surface area contributed by atoms with Crippen molar-refractivity contribution in [1.29, 1.82) is 0 Å². The molecule has 1 saturated heterocycles. The minimum Gasteiger partial charge on any atom is -0.497 e. The summed E-state index contributed by atoms with van der Waals surface area (Å²) in [7, 11) is 1.68. The van der Waals surface area contributed by atoms with Gasteiger partial charge in [0.05, 0.1) is 19.6 Å². The van der Waals surface area contributed by atoms with Crippen LogP contribution in [0, 0.1) is 0 Å². The predicted molar refractivity (Wildman–Crippen MR) is 91.1 cm³/mol. The second-order valence-electron chi connectivity index (χ2n) is 6.01. The smallest absolute Gasteiger partial charge is 0.123 e. The second-order valence-corrected chi connectivity index (χ2v) is 6.01. The molecule has 0 N–H and O–H groups in total. The number of likely N-dealkylation sites (tertiary alicyclic amines) is 1. The van der Waals surface area contributed by atoms with Crippen LogP contribution in [0.1, 0.15) is 25.7 Å². The van der Waals surface area contributed by atoms with Gasteiger partial charge in [0, 0.05) is 18.2 Å². The van der Waals surface area contributed by atoms with Gasteiger partial charge in [-0.05, 0) is 49.7 Å². The number of furan rings is 1. The van der Waals surface area contributed by atoms with Crippen molar-refractivity contribution in [3.05, 3.63) is 36.8 Å². The van der Waals surface area contributed by atoms with Crippen molar-refractivity contribution in [2.45, 2.75) is 25.7 Å². The molecule has 4 nitrogen and oxygen atoms in total. The van der Waals surface area contributed by atoms with E-state index >= 15 is 0 Å². The first-order valence-electron chi connectivity index (χ1n) is 8.42. The molecule has 1 aromatic carbocycles. The number of hydrogen-bond acceptors (Lipinski definition) is 4. The van der Waals surface area contributed by atoms with E-state index in [4.69, 9.17) is 13.9 Å². The molecule has 0 radical (unpaired) electrons. The Bertz CT molecular complexity index is 587. The summed E-state index contributed by atoms with van der Waals surface area (Å²) in [5.41, 5.74) is 2.07. The number of nitrogens with zero attached hydrogens (tertiary/aromatic N) is 1. The van der Waals surface area contributed by atoms with E-state index in [1.165, 1.54) is 38.8 Å². The first kappa shape index (κ1) is 15.9. The number of rotatable bonds is 6. The normalized spacial score (nSPS) is 16.0. The monoisotopic (exact) mass is 315 g/mol. The predicted octanol–water partition coefficient (Wildman–Crippen LogP) is 4.21. The second kappa shape index (κ2) is 8.06. The molecule has 1 fully saturated rings. The van der Waals surface area contributed by atoms with Gasteiger partial charge >= 0.3 is 0 Å². The van der Waals surface area contributed by atoms with Crippen LogP contribution in [0.2, 0.25) is 0 Å². The Morgan fingerprint density at radius 3 is 2.48 bits per heavy atom. The maximum atomic E-state index is 5.98. The van der Waals surface area contributed by atoms with E-state index in [0.717, 1.165) is 29.2 Å². The molecule has 0 saturated carbocycles. The van der Waals surface area contributed by atoms with Gasteiger partial charge in [-0.2, -0.15) is 0 Å². The topological polar surface area (TPSA) is 34.8 Å². The van der Waals surface area contributed by atoms with Crippen molar-refractivity contribution in [2.75, 3.05) is 33.4 Å². The van der Waals surface area contributed by atoms with Crippen molar-refractivity contribution >= 4 is 0 Å². The summed E-state index contributed by atoms with van der Waals surface area (Å²) >= 11 is 0. The van der Waals surface area contributed by atoms with Crippen molar-refractivity contribution in [3.63, 3.8) is 0 Å². The molecule has 0 aliphatic carbocycles. The Morgan fingerprint density at radius 2 is 1.78 bits per heavy atom. The van der Waals surface area contributed by atoms with Crippen LogP contribution >= 0.6 is 0 Å². The van der Waals surface area contributed by atoms with E-state index in [1.807, 2.05) is 24.3 Å². The number of ether oxygens (including phenoxy) is 2. The van der Waals surface area contributed by atoms with Gasteiger partial charge in [-0.1, -0.05) is 12.8 Å². The van der Waals surface area contributed by atoms with Crippen LogP contribution in [0.3, 0.4) is 0 Å². The third-order valence-corrected chi connectivity index (χ3v) is 4.35. The van der Waals surface area contributed by atoms with Crippen LogP contribution in [0.5, 0.6) is 11.5 Å². The van der Waals surface area contributed by atoms with E-state index in [1.54, 1.807) is 19.6 Å². The Morgan fingerprint density at radius 1 is 1.00 bits per heavy atom. The standard InChI is InChI=1S/C19H25NO3/c1-21-18-12-17(16-6-10-22-15-16)13-19(14-18)23-11-9-20-7-4-2-3-5-8-20/h6,10,12-15H,2-5,7-9,11H2,1H3. The first-order chi connectivity index (χ1) is 11.3. The average Bonchev–Trinajstić information content (AvgIpc) is 3.00. The lowest BCUT2D eigenvalue weighted by atomic mass is 10.1. The highest BCUT2D eigenvalue weighted by Gasteiger charge is 2.10. The lowest BCUT2D eigenvalue weighted by Crippen LogP contribution is -2.29. The molecule has 23 heavy (non-hydrogen) atoms. The molecule has 4 heteroatoms. The Labute approximate surface area is 138 Å². The van der Waals surface area contributed by atoms with E-state index in [2.05, 4.69) is 4.90 Å². The zero-order valence-electron chi connectivity index (χ0n) is 13.8. The molecular weight excluding hydrogens is 290 g/mol. The van der Waals surface area contributed by atoms with Crippen LogP contribution in [-0.4, -0.2) is 38.3 Å². The Balaban J connectivity index is 1.61. The third kappa shape index (κ3) is 4.52. The van der Waals surface area contributed by atoms with Gasteiger partial charge < -0.3 is 13.9 Å². The molecule has 0 spiro atoms. The lowest BCUT2D eigenvalue weighted by Gasteiger charge is -2.20. The fourth-order valence-electron chi connectivity index (χ4n) is 3.02. The van der Waals surface area contributed by atoms with Gasteiger partial charge in [-0.15, -0.1) is 0 Å². The maximum Gasteiger partial charge on any atom is 0.123 e. The van der Waals surface area contributed by atoms with E-state index in [0.29, 0.717) is 6.61 Å². The van der Waals surface area contributed by atoms with Crippen molar-refractivity contribution in [1.82, 2.24) is 4.90 Å². The molecule has 1 aliphatic heterocycles. The molecule has 0 bridgehead atoms. The summed E-state index contributed by atoms with van der Waals surface area (Å²) in [5, 5.41) is 0. The summed E-state index contributed by atoms with van der Waals surface area (Å²) in [5.74, 6) is 1.64. The van der Waals surface area contributed by atoms with E-state index in [9.17, 15) is 0 Å². The van der Waals surface area contributed by atoms with Gasteiger partial charge in [0.25, 0.3) is 0 Å². The van der Waals surface area contributed by atoms with Crippen molar-refractivity contribution < 1.29 is 13.9 Å². The Hall–Kier alpha value is -1.94. The largest absolute Gasteiger partial charge is 0.497 e. The number of hydrogen-bond donors (Lipinski definition) is 0. The van der Waals surface area contributed by atoms with Gasteiger partial charge in [0.2, 0.25) is 0 Å². The number of benzene rings is 1. The first-order valence-corrected chi connectivity index (χ1v) is 8.42. The summed E-state index contributed by atoms with van der Waals surface area (Å²) < 4.78 is 16.5. The maximum absolute atomic E-state index is 5.98. The lowest BCUT2D eigenvalue weighted by molar-refractivity contribution is 0.213. The van der Waals surface area contributed by atoms with Gasteiger partial charge in [-0.25, -0.2) is 0 Å². The highest BCUT2D eigenvalue weighted by molar-refractivity contribution is 5.66. The summed E-state index contributed by atoms with van der Waals surface area (Å²) in [6, 6.07) is 7.91. The zero-order chi connectivity index (χ0) is 15.9. The van der Waals surface area contributed by atoms with Crippen molar-refractivity contribution in [3.8, 4) is 22.6 Å². The molecule has 0 atom stereocenters. The van der Waals surface area contributed by atoms with Gasteiger partial charge in [0.15, 0.2) is 0 Å². The number of methoxy groups -OCH3 is 1. The molecule has 124 valence electrons. The fraction of sp³-hybridized carbons (Fsp3) is 0.474. The quantitative estimate of drug-likeness (QED) is 0.800. The van der Waals surface area contributed by atoms with Crippen LogP contribution in [0.25, 0.3) is 11.1 Å². The molecular formula is C19H25NO3. The van der Waals surface area contributed by atoms with Crippen LogP contribution in [0.15, 0.2) is 41.2 Å². The zero-order valence-corrected chi connectivity index (χ0v) is 13.8. The summed E-state index contributed by atoms with van der Waals surface area (Å²) in [4.78, 5) is 2.50. The van der Waals surface area contributed by atoms with Gasteiger partial charge in [0.1, 0.15) is 18.1 Å². The summed E-state index contributed by atoms with van der Waals surface area (Å²) in [6.07, 6.45) is 8.75. The highest BCUT2D eigenvalue weighted by atomic mass is 16.5. The van der Waals surface area contributed by atoms with Crippen LogP contribution in [0.4, 0.5) is 0 Å². The van der Waals surface area contributed by atoms with Crippen LogP contribution < -0.4 is 9.47 Å². The molecule has 3 rings (SSSR count). The molecule has 2 aromatic rings. The summed E-state index contributed by atoms with van der Waals surface area (Å²) in [6.45, 7) is 4.08. The van der Waals surface area contributed by atoms with Crippen LogP contribution in [-0.2, 0) is 0 Å². The van der Waals surface area contributed by atoms with Gasteiger partial charge in [-0.3, -0.25) is 4.90 Å². The van der Waals surface area contributed by atoms with E-state index < -0.39 is 0 Å². The molecule has 0 amide bonds. The average molecular weight is 315 g/mol. The van der Waals surface area contributed by atoms with Crippen molar-refractivity contribution in [2.24, 2.45) is 0 Å². The fourth-order valence-corrected chi connectivity index (χ4v) is 3.02. The molecule has 1 aliphatic rings. The highest BCUT2D eigenvalue weighted by Crippen LogP contribution is 2.30. The molecule has 1 aromatic heterocycles. The SMILES string of the molecule is COc1cc(OCCN2CCCCCC2)cc(-c2ccoc2)c1. The molecule has 2 heterocycles.